The van der Waals surface area contributed by atoms with Crippen molar-refractivity contribution in [3.63, 3.8) is 0 Å². The first-order valence-electron chi connectivity index (χ1n) is 7.18. The van der Waals surface area contributed by atoms with Gasteiger partial charge in [0.2, 0.25) is 0 Å². The summed E-state index contributed by atoms with van der Waals surface area (Å²) in [7, 11) is 0. The van der Waals surface area contributed by atoms with Crippen LogP contribution in [0.5, 0.6) is 0 Å². The van der Waals surface area contributed by atoms with Crippen molar-refractivity contribution in [2.24, 2.45) is 5.73 Å². The average molecular weight is 345 g/mol. The Morgan fingerprint density at radius 1 is 1.42 bits per heavy atom. The fourth-order valence-corrected chi connectivity index (χ4v) is 2.82. The van der Waals surface area contributed by atoms with E-state index in [1.165, 1.54) is 0 Å². The van der Waals surface area contributed by atoms with Gasteiger partial charge in [-0.1, -0.05) is 0 Å². The lowest BCUT2D eigenvalue weighted by atomic mass is 9.83. The first-order chi connectivity index (χ1) is 11.2. The van der Waals surface area contributed by atoms with E-state index in [4.69, 9.17) is 15.6 Å². The number of carbonyl (C=O) groups is 1. The second-order valence-electron chi connectivity index (χ2n) is 5.63. The lowest BCUT2D eigenvalue weighted by Crippen LogP contribution is -2.46. The highest BCUT2D eigenvalue weighted by molar-refractivity contribution is 5.73. The van der Waals surface area contributed by atoms with E-state index in [-0.39, 0.29) is 18.4 Å². The van der Waals surface area contributed by atoms with Gasteiger partial charge in [0, 0.05) is 6.20 Å². The maximum absolute atomic E-state index is 12.1. The van der Waals surface area contributed by atoms with Crippen LogP contribution in [-0.2, 0) is 15.1 Å². The van der Waals surface area contributed by atoms with Crippen molar-refractivity contribution in [3.05, 3.63) is 32.6 Å². The molecule has 8 N–H and O–H groups in total. The van der Waals surface area contributed by atoms with Crippen LogP contribution in [0.1, 0.15) is 18.4 Å². The molecule has 1 unspecified atom stereocenters. The number of nitrogens with two attached hydrogens (primary N) is 1. The summed E-state index contributed by atoms with van der Waals surface area (Å²) in [6.45, 7) is -0.633. The van der Waals surface area contributed by atoms with E-state index in [9.17, 15) is 29.7 Å². The molecule has 2 rings (SSSR count). The van der Waals surface area contributed by atoms with Crippen LogP contribution in [0.25, 0.3) is 0 Å². The second kappa shape index (κ2) is 6.83. The molecule has 0 spiro atoms. The van der Waals surface area contributed by atoms with Crippen LogP contribution in [0.3, 0.4) is 0 Å². The number of aromatic amines is 2. The van der Waals surface area contributed by atoms with E-state index in [2.05, 4.69) is 4.98 Å². The summed E-state index contributed by atoms with van der Waals surface area (Å²) < 4.78 is 5.52. The number of hydrogen-bond donors (Lipinski definition) is 7. The van der Waals surface area contributed by atoms with Gasteiger partial charge in [0.15, 0.2) is 0 Å². The Bertz CT molecular complexity index is 716. The standard InChI is InChI=1S/C13H19N3O8/c14-6(11(21)22)1-2-13(5-3-15-12(23)16-10(5)20)9(19)8(18)7(4-17)24-13/h3,6-9,17-19H,1-2,4,14H2,(H,21,22)(H2,15,16,20,23)/t6?,7-,8-,9-,13+/m1/s1. The number of nitrogens with one attached hydrogen (secondary N) is 2. The van der Waals surface area contributed by atoms with Crippen LogP contribution < -0.4 is 17.0 Å². The highest BCUT2D eigenvalue weighted by Gasteiger charge is 2.56. The molecule has 5 atom stereocenters. The molecule has 0 bridgehead atoms. The molecule has 1 fully saturated rings. The van der Waals surface area contributed by atoms with E-state index in [1.54, 1.807) is 0 Å². The Balaban J connectivity index is 2.47. The van der Waals surface area contributed by atoms with E-state index < -0.39 is 53.8 Å². The van der Waals surface area contributed by atoms with Crippen molar-refractivity contribution < 1.29 is 30.0 Å². The summed E-state index contributed by atoms with van der Waals surface area (Å²) in [6, 6.07) is -1.29. The smallest absolute Gasteiger partial charge is 0.325 e. The fraction of sp³-hybridized carbons (Fsp3) is 0.615. The highest BCUT2D eigenvalue weighted by atomic mass is 16.6. The zero-order valence-electron chi connectivity index (χ0n) is 12.5. The predicted molar refractivity (Wildman–Crippen MR) is 78.2 cm³/mol. The van der Waals surface area contributed by atoms with Gasteiger partial charge < -0.3 is 35.9 Å². The second-order valence-corrected chi connectivity index (χ2v) is 5.63. The molecule has 0 amide bonds. The number of aliphatic hydroxyl groups excluding tert-OH is 3. The van der Waals surface area contributed by atoms with Gasteiger partial charge in [-0.05, 0) is 12.8 Å². The molecule has 0 radical (unpaired) electrons. The Morgan fingerprint density at radius 2 is 2.08 bits per heavy atom. The number of aliphatic carboxylic acids is 1. The molecular formula is C13H19N3O8. The number of carboxylic acid groups (broad SMARTS) is 1. The zero-order chi connectivity index (χ0) is 18.1. The molecule has 1 aromatic heterocycles. The van der Waals surface area contributed by atoms with Crippen molar-refractivity contribution in [2.45, 2.75) is 42.8 Å². The SMILES string of the molecule is NC(CC[C@@]1(c2c[nH]c(=O)[nH]c2=O)O[C@H](CO)[C@@H](O)[C@H]1O)C(=O)O. The van der Waals surface area contributed by atoms with Crippen LogP contribution >= 0.6 is 0 Å². The third kappa shape index (κ3) is 3.12. The Hall–Kier alpha value is -2.05. The first-order valence-corrected chi connectivity index (χ1v) is 7.18. The summed E-state index contributed by atoms with van der Waals surface area (Å²) in [5.41, 5.74) is 1.77. The molecule has 24 heavy (non-hydrogen) atoms. The average Bonchev–Trinajstić information content (AvgIpc) is 2.77. The van der Waals surface area contributed by atoms with E-state index in [0.29, 0.717) is 0 Å². The number of carboxylic acids is 1. The number of H-pyrrole nitrogens is 2. The molecule has 0 saturated carbocycles. The minimum absolute atomic E-state index is 0.185. The molecule has 0 aliphatic carbocycles. The summed E-state index contributed by atoms with van der Waals surface area (Å²) in [5.74, 6) is -1.28. The zero-order valence-corrected chi connectivity index (χ0v) is 12.5. The molecule has 1 saturated heterocycles. The summed E-state index contributed by atoms with van der Waals surface area (Å²) in [5, 5.41) is 38.5. The predicted octanol–water partition coefficient (Wildman–Crippen LogP) is -3.44. The quantitative estimate of drug-likeness (QED) is 0.274. The van der Waals surface area contributed by atoms with Crippen LogP contribution in [0.15, 0.2) is 15.8 Å². The van der Waals surface area contributed by atoms with Gasteiger partial charge in [0.05, 0.1) is 12.2 Å². The summed E-state index contributed by atoms with van der Waals surface area (Å²) in [4.78, 5) is 38.4. The number of ether oxygens (including phenoxy) is 1. The minimum atomic E-state index is -1.82. The number of aliphatic hydroxyl groups is 3. The van der Waals surface area contributed by atoms with Crippen molar-refractivity contribution >= 4 is 5.97 Å². The van der Waals surface area contributed by atoms with Gasteiger partial charge in [0.1, 0.15) is 30.0 Å². The van der Waals surface area contributed by atoms with Gasteiger partial charge in [-0.3, -0.25) is 14.6 Å². The molecule has 1 aliphatic heterocycles. The number of aromatic nitrogens is 2. The molecule has 2 heterocycles. The fourth-order valence-electron chi connectivity index (χ4n) is 2.82. The van der Waals surface area contributed by atoms with Gasteiger partial charge in [-0.15, -0.1) is 0 Å². The van der Waals surface area contributed by atoms with Crippen LogP contribution in [-0.4, -0.2) is 67.3 Å². The molecular weight excluding hydrogens is 326 g/mol. The van der Waals surface area contributed by atoms with Crippen molar-refractivity contribution in [3.8, 4) is 0 Å². The van der Waals surface area contributed by atoms with Crippen LogP contribution in [0.4, 0.5) is 0 Å². The first kappa shape index (κ1) is 18.3. The van der Waals surface area contributed by atoms with Crippen molar-refractivity contribution in [1.82, 2.24) is 9.97 Å². The molecule has 1 aromatic rings. The summed E-state index contributed by atoms with van der Waals surface area (Å²) >= 11 is 0. The molecule has 134 valence electrons. The highest BCUT2D eigenvalue weighted by Crippen LogP contribution is 2.42. The van der Waals surface area contributed by atoms with Crippen LogP contribution in [0.2, 0.25) is 0 Å². The largest absolute Gasteiger partial charge is 0.480 e. The van der Waals surface area contributed by atoms with Gasteiger partial charge in [0.25, 0.3) is 5.56 Å². The third-order valence-corrected chi connectivity index (χ3v) is 4.14. The van der Waals surface area contributed by atoms with Crippen molar-refractivity contribution in [2.75, 3.05) is 6.61 Å². The third-order valence-electron chi connectivity index (χ3n) is 4.14. The molecule has 11 nitrogen and oxygen atoms in total. The number of hydrogen-bond acceptors (Lipinski definition) is 8. The monoisotopic (exact) mass is 345 g/mol. The Labute approximate surface area is 134 Å². The molecule has 11 heteroatoms. The Kier molecular flexibility index (Phi) is 5.20. The maximum Gasteiger partial charge on any atom is 0.325 e. The lowest BCUT2D eigenvalue weighted by molar-refractivity contribution is -0.140. The van der Waals surface area contributed by atoms with Gasteiger partial charge in [-0.25, -0.2) is 4.79 Å². The van der Waals surface area contributed by atoms with Gasteiger partial charge >= 0.3 is 11.7 Å². The minimum Gasteiger partial charge on any atom is -0.480 e. The van der Waals surface area contributed by atoms with Crippen LogP contribution in [0, 0.1) is 0 Å². The summed E-state index contributed by atoms with van der Waals surface area (Å²) in [6.07, 6.45) is -3.74. The Morgan fingerprint density at radius 3 is 2.58 bits per heavy atom. The topological polar surface area (TPSA) is 199 Å². The lowest BCUT2D eigenvalue weighted by Gasteiger charge is -2.32. The maximum atomic E-state index is 12.1. The molecule has 0 aromatic carbocycles. The van der Waals surface area contributed by atoms with E-state index in [1.807, 2.05) is 4.98 Å². The normalized spacial score (nSPS) is 31.1. The number of rotatable bonds is 6. The van der Waals surface area contributed by atoms with E-state index >= 15 is 0 Å². The van der Waals surface area contributed by atoms with Gasteiger partial charge in [-0.2, -0.15) is 0 Å². The van der Waals surface area contributed by atoms with E-state index in [0.717, 1.165) is 6.20 Å². The van der Waals surface area contributed by atoms with Crippen molar-refractivity contribution in [1.29, 1.82) is 0 Å². The molecule has 1 aliphatic rings.